The zero-order chi connectivity index (χ0) is 27.2. The van der Waals surface area contributed by atoms with Crippen molar-refractivity contribution in [2.75, 3.05) is 38.5 Å². The van der Waals surface area contributed by atoms with Gasteiger partial charge in [-0.25, -0.2) is 5.01 Å². The molecule has 2 N–H and O–H groups in total. The number of amides is 2. The summed E-state index contributed by atoms with van der Waals surface area (Å²) < 4.78 is 5.07. The first-order valence-electron chi connectivity index (χ1n) is 13.0. The molecule has 10 nitrogen and oxygen atoms in total. The summed E-state index contributed by atoms with van der Waals surface area (Å²) in [6.07, 6.45) is 0. The summed E-state index contributed by atoms with van der Waals surface area (Å²) in [4.78, 5) is 32.4. The summed E-state index contributed by atoms with van der Waals surface area (Å²) in [6, 6.07) is 14.2. The number of carbonyl (C=O) groups is 2. The Hall–Kier alpha value is -3.18. The van der Waals surface area contributed by atoms with Crippen LogP contribution >= 0.6 is 24.8 Å². The van der Waals surface area contributed by atoms with Crippen molar-refractivity contribution in [2.45, 2.75) is 46.8 Å². The average molecular weight is 593 g/mol. The largest absolute Gasteiger partial charge is 0.376 e. The van der Waals surface area contributed by atoms with Gasteiger partial charge in [-0.05, 0) is 41.8 Å². The summed E-state index contributed by atoms with van der Waals surface area (Å²) in [6.45, 7) is 10.3. The molecule has 1 aliphatic rings. The highest BCUT2D eigenvalue weighted by Gasteiger charge is 2.27. The number of benzene rings is 2. The third-order valence-electron chi connectivity index (χ3n) is 6.66. The number of aryl methyl sites for hydroxylation is 2. The standard InChI is InChI=1S/C28H37N7O3.2ClH/c1-19(2)29-12-13-34(18-27(37)33(5)35-16-23-8-6-7-9-24(23)17-35)26(36)15-30-25-11-10-22(14-20(25)3)28-31-21(4)38-32-28;;/h6-11,14,19,29-30H,12-13,15-18H2,1-5H3;2*1H. The maximum atomic E-state index is 13.3. The van der Waals surface area contributed by atoms with E-state index in [2.05, 4.69) is 46.8 Å². The Morgan fingerprint density at radius 1 is 1.05 bits per heavy atom. The van der Waals surface area contributed by atoms with Crippen LogP contribution in [-0.2, 0) is 22.7 Å². The van der Waals surface area contributed by atoms with Gasteiger partial charge in [0.25, 0.3) is 5.91 Å². The van der Waals surface area contributed by atoms with E-state index in [1.54, 1.807) is 23.9 Å². The number of nitrogens with zero attached hydrogens (tertiary/aromatic N) is 5. The Morgan fingerprint density at radius 2 is 1.73 bits per heavy atom. The van der Waals surface area contributed by atoms with Crippen LogP contribution in [0, 0.1) is 13.8 Å². The maximum Gasteiger partial charge on any atom is 0.256 e. The summed E-state index contributed by atoms with van der Waals surface area (Å²) >= 11 is 0. The monoisotopic (exact) mass is 591 g/mol. The van der Waals surface area contributed by atoms with Gasteiger partial charge in [0.05, 0.1) is 6.54 Å². The zero-order valence-electron chi connectivity index (χ0n) is 23.6. The lowest BCUT2D eigenvalue weighted by Gasteiger charge is -2.31. The molecule has 0 aliphatic carbocycles. The van der Waals surface area contributed by atoms with Gasteiger partial charge in [0, 0.05) is 57.4 Å². The quantitative estimate of drug-likeness (QED) is 0.346. The Balaban J connectivity index is 0.00000280. The summed E-state index contributed by atoms with van der Waals surface area (Å²) in [5, 5.41) is 14.2. The lowest BCUT2D eigenvalue weighted by molar-refractivity contribution is -0.151. The first-order valence-corrected chi connectivity index (χ1v) is 13.0. The van der Waals surface area contributed by atoms with Crippen molar-refractivity contribution in [1.82, 2.24) is 30.4 Å². The van der Waals surface area contributed by atoms with Crippen molar-refractivity contribution in [1.29, 1.82) is 0 Å². The van der Waals surface area contributed by atoms with E-state index in [-0.39, 0.29) is 55.8 Å². The van der Waals surface area contributed by atoms with Gasteiger partial charge in [0.1, 0.15) is 6.54 Å². The smallest absolute Gasteiger partial charge is 0.256 e. The number of fused-ring (bicyclic) bond motifs is 1. The van der Waals surface area contributed by atoms with Crippen LogP contribution in [0.15, 0.2) is 47.0 Å². The van der Waals surface area contributed by atoms with Crippen LogP contribution in [0.5, 0.6) is 0 Å². The maximum absolute atomic E-state index is 13.3. The van der Waals surface area contributed by atoms with E-state index < -0.39 is 0 Å². The van der Waals surface area contributed by atoms with E-state index >= 15 is 0 Å². The molecular weight excluding hydrogens is 553 g/mol. The molecule has 0 unspecified atom stereocenters. The summed E-state index contributed by atoms with van der Waals surface area (Å²) in [5.74, 6) is 0.777. The fraction of sp³-hybridized carbons (Fsp3) is 0.429. The molecule has 3 aromatic rings. The predicted octanol–water partition coefficient (Wildman–Crippen LogP) is 3.82. The number of hydrogen-bond acceptors (Lipinski definition) is 8. The Morgan fingerprint density at radius 3 is 2.30 bits per heavy atom. The van der Waals surface area contributed by atoms with Crippen molar-refractivity contribution in [2.24, 2.45) is 0 Å². The molecule has 0 saturated heterocycles. The topological polar surface area (TPSA) is 107 Å². The number of rotatable bonds is 11. The fourth-order valence-electron chi connectivity index (χ4n) is 4.43. The number of hydrogen-bond donors (Lipinski definition) is 2. The highest BCUT2D eigenvalue weighted by atomic mass is 35.5. The van der Waals surface area contributed by atoms with E-state index in [0.29, 0.717) is 37.9 Å². The van der Waals surface area contributed by atoms with Crippen LogP contribution in [0.3, 0.4) is 0 Å². The Bertz CT molecular complexity index is 1260. The third-order valence-corrected chi connectivity index (χ3v) is 6.66. The number of halogens is 2. The molecule has 0 atom stereocenters. The molecule has 2 heterocycles. The second-order valence-electron chi connectivity index (χ2n) is 9.95. The molecule has 2 aromatic carbocycles. The first kappa shape index (κ1) is 33.0. The molecule has 2 amide bonds. The third kappa shape index (κ3) is 8.41. The second-order valence-corrected chi connectivity index (χ2v) is 9.95. The molecule has 0 spiro atoms. The lowest BCUT2D eigenvalue weighted by atomic mass is 10.1. The minimum atomic E-state index is -0.140. The first-order chi connectivity index (χ1) is 18.2. The SMILES string of the molecule is Cc1nc(-c2ccc(NCC(=O)N(CCNC(C)C)CC(=O)N(C)N3Cc4ccccc4C3)c(C)c2)no1.Cl.Cl. The van der Waals surface area contributed by atoms with Gasteiger partial charge < -0.3 is 20.1 Å². The van der Waals surface area contributed by atoms with Crippen molar-refractivity contribution in [3.8, 4) is 11.4 Å². The van der Waals surface area contributed by atoms with Gasteiger partial charge in [-0.3, -0.25) is 14.6 Å². The van der Waals surface area contributed by atoms with Crippen LogP contribution in [-0.4, -0.2) is 76.1 Å². The molecule has 0 saturated carbocycles. The molecule has 1 aliphatic heterocycles. The van der Waals surface area contributed by atoms with Gasteiger partial charge in [0.2, 0.25) is 17.6 Å². The summed E-state index contributed by atoms with van der Waals surface area (Å²) in [5.41, 5.74) is 5.08. The van der Waals surface area contributed by atoms with Gasteiger partial charge in [-0.2, -0.15) is 4.98 Å². The van der Waals surface area contributed by atoms with Gasteiger partial charge >= 0.3 is 0 Å². The van der Waals surface area contributed by atoms with Gasteiger partial charge in [-0.15, -0.1) is 24.8 Å². The van der Waals surface area contributed by atoms with Crippen molar-refractivity contribution >= 4 is 42.3 Å². The van der Waals surface area contributed by atoms with E-state index in [4.69, 9.17) is 4.52 Å². The minimum Gasteiger partial charge on any atom is -0.376 e. The molecule has 12 heteroatoms. The van der Waals surface area contributed by atoms with Crippen LogP contribution in [0.4, 0.5) is 5.69 Å². The normalized spacial score (nSPS) is 12.3. The second kappa shape index (κ2) is 15.0. The fourth-order valence-corrected chi connectivity index (χ4v) is 4.43. The van der Waals surface area contributed by atoms with Crippen LogP contribution in [0.2, 0.25) is 0 Å². The number of anilines is 1. The Labute approximate surface area is 248 Å². The minimum absolute atomic E-state index is 0. The molecular formula is C28H39Cl2N7O3. The predicted molar refractivity (Wildman–Crippen MR) is 160 cm³/mol. The van der Waals surface area contributed by atoms with E-state index in [0.717, 1.165) is 16.8 Å². The number of nitrogens with one attached hydrogen (secondary N) is 2. The zero-order valence-corrected chi connectivity index (χ0v) is 25.3. The van der Waals surface area contributed by atoms with Gasteiger partial charge in [-0.1, -0.05) is 43.3 Å². The number of hydrazine groups is 1. The van der Waals surface area contributed by atoms with E-state index in [1.807, 2.05) is 42.3 Å². The molecule has 0 fully saturated rings. The molecule has 0 radical (unpaired) electrons. The number of aromatic nitrogens is 2. The Kier molecular flexibility index (Phi) is 12.4. The highest BCUT2D eigenvalue weighted by Crippen LogP contribution is 2.24. The van der Waals surface area contributed by atoms with Crippen LogP contribution in [0.25, 0.3) is 11.4 Å². The molecule has 0 bridgehead atoms. The molecule has 4 rings (SSSR count). The van der Waals surface area contributed by atoms with E-state index in [1.165, 1.54) is 11.1 Å². The van der Waals surface area contributed by atoms with Crippen molar-refractivity contribution < 1.29 is 14.1 Å². The average Bonchev–Trinajstić information content (AvgIpc) is 3.52. The van der Waals surface area contributed by atoms with Crippen molar-refractivity contribution in [3.63, 3.8) is 0 Å². The molecule has 1 aromatic heterocycles. The van der Waals surface area contributed by atoms with Crippen molar-refractivity contribution in [3.05, 3.63) is 65.0 Å². The van der Waals surface area contributed by atoms with Gasteiger partial charge in [0.15, 0.2) is 0 Å². The lowest BCUT2D eigenvalue weighted by Crippen LogP contribution is -2.49. The number of carbonyl (C=O) groups excluding carboxylic acids is 2. The summed E-state index contributed by atoms with van der Waals surface area (Å²) in [7, 11) is 1.78. The highest BCUT2D eigenvalue weighted by molar-refractivity contribution is 5.87. The number of likely N-dealkylation sites (N-methyl/N-ethyl adjacent to an activating group) is 1. The van der Waals surface area contributed by atoms with E-state index in [9.17, 15) is 9.59 Å². The molecule has 40 heavy (non-hydrogen) atoms. The van der Waals surface area contributed by atoms with Crippen LogP contribution in [0.1, 0.15) is 36.4 Å². The van der Waals surface area contributed by atoms with Crippen LogP contribution < -0.4 is 10.6 Å². The molecule has 218 valence electrons.